The zero-order chi connectivity index (χ0) is 15.4. The number of hydrogen-bond donors (Lipinski definition) is 1. The van der Waals surface area contributed by atoms with Crippen molar-refractivity contribution in [1.82, 2.24) is 0 Å². The molecule has 0 saturated carbocycles. The summed E-state index contributed by atoms with van der Waals surface area (Å²) in [5.74, 6) is -0.433. The van der Waals surface area contributed by atoms with Crippen LogP contribution in [0.4, 0.5) is 10.1 Å². The summed E-state index contributed by atoms with van der Waals surface area (Å²) in [6.45, 7) is 1.60. The molecule has 0 radical (unpaired) electrons. The van der Waals surface area contributed by atoms with Gasteiger partial charge in [-0.05, 0) is 43.3 Å². The SMILES string of the molecule is C[C@@H](Oc1cccc(Cl)c1)C(=O)Nc1ccc(F)c(Cl)c1. The van der Waals surface area contributed by atoms with Crippen LogP contribution in [0.15, 0.2) is 42.5 Å². The maximum atomic E-state index is 13.0. The molecule has 2 aromatic rings. The van der Waals surface area contributed by atoms with Crippen molar-refractivity contribution in [3.63, 3.8) is 0 Å². The molecule has 0 aliphatic heterocycles. The van der Waals surface area contributed by atoms with Crippen LogP contribution in [0.1, 0.15) is 6.92 Å². The van der Waals surface area contributed by atoms with Gasteiger partial charge in [-0.3, -0.25) is 4.79 Å². The van der Waals surface area contributed by atoms with E-state index in [1.807, 2.05) is 0 Å². The molecule has 3 nitrogen and oxygen atoms in total. The van der Waals surface area contributed by atoms with Gasteiger partial charge < -0.3 is 10.1 Å². The summed E-state index contributed by atoms with van der Waals surface area (Å²) in [6, 6.07) is 10.7. The van der Waals surface area contributed by atoms with E-state index in [1.54, 1.807) is 31.2 Å². The Morgan fingerprint density at radius 2 is 2.00 bits per heavy atom. The van der Waals surface area contributed by atoms with E-state index < -0.39 is 11.9 Å². The number of benzene rings is 2. The molecule has 0 aliphatic carbocycles. The Labute approximate surface area is 131 Å². The normalized spacial score (nSPS) is 11.8. The van der Waals surface area contributed by atoms with Crippen LogP contribution in [0.25, 0.3) is 0 Å². The molecule has 0 unspecified atom stereocenters. The number of ether oxygens (including phenoxy) is 1. The Bertz CT molecular complexity index is 664. The smallest absolute Gasteiger partial charge is 0.265 e. The summed E-state index contributed by atoms with van der Waals surface area (Å²) in [5, 5.41) is 3.06. The molecule has 2 rings (SSSR count). The summed E-state index contributed by atoms with van der Waals surface area (Å²) >= 11 is 11.5. The fourth-order valence-corrected chi connectivity index (χ4v) is 1.98. The number of carbonyl (C=O) groups is 1. The van der Waals surface area contributed by atoms with Gasteiger partial charge in [0.1, 0.15) is 11.6 Å². The van der Waals surface area contributed by atoms with Gasteiger partial charge in [0.25, 0.3) is 5.91 Å². The summed E-state index contributed by atoms with van der Waals surface area (Å²) in [4.78, 5) is 12.0. The average Bonchev–Trinajstić information content (AvgIpc) is 2.43. The van der Waals surface area contributed by atoms with E-state index in [9.17, 15) is 9.18 Å². The molecular weight excluding hydrogens is 316 g/mol. The Hall–Kier alpha value is -1.78. The van der Waals surface area contributed by atoms with Crippen molar-refractivity contribution in [3.8, 4) is 5.75 Å². The molecule has 2 aromatic carbocycles. The van der Waals surface area contributed by atoms with E-state index >= 15 is 0 Å². The lowest BCUT2D eigenvalue weighted by Gasteiger charge is -2.15. The number of carbonyl (C=O) groups excluding carboxylic acids is 1. The van der Waals surface area contributed by atoms with Crippen molar-refractivity contribution in [2.75, 3.05) is 5.32 Å². The second-order valence-corrected chi connectivity index (χ2v) is 5.18. The minimum Gasteiger partial charge on any atom is -0.481 e. The molecule has 21 heavy (non-hydrogen) atoms. The van der Waals surface area contributed by atoms with Crippen LogP contribution < -0.4 is 10.1 Å². The van der Waals surface area contributed by atoms with Gasteiger partial charge in [0.15, 0.2) is 6.10 Å². The molecule has 1 amide bonds. The Kier molecular flexibility index (Phi) is 5.04. The van der Waals surface area contributed by atoms with Gasteiger partial charge in [-0.15, -0.1) is 0 Å². The molecule has 0 fully saturated rings. The zero-order valence-electron chi connectivity index (χ0n) is 11.1. The van der Waals surface area contributed by atoms with E-state index in [4.69, 9.17) is 27.9 Å². The van der Waals surface area contributed by atoms with E-state index in [0.717, 1.165) is 0 Å². The second-order valence-electron chi connectivity index (χ2n) is 4.34. The maximum Gasteiger partial charge on any atom is 0.265 e. The highest BCUT2D eigenvalue weighted by Crippen LogP contribution is 2.21. The van der Waals surface area contributed by atoms with Crippen molar-refractivity contribution in [1.29, 1.82) is 0 Å². The third kappa shape index (κ3) is 4.34. The van der Waals surface area contributed by atoms with Crippen LogP contribution in [0, 0.1) is 5.82 Å². The van der Waals surface area contributed by atoms with Crippen LogP contribution in [0.5, 0.6) is 5.75 Å². The molecule has 0 heterocycles. The van der Waals surface area contributed by atoms with Gasteiger partial charge in [0.2, 0.25) is 0 Å². The Morgan fingerprint density at radius 3 is 2.67 bits per heavy atom. The van der Waals surface area contributed by atoms with Crippen molar-refractivity contribution in [2.45, 2.75) is 13.0 Å². The highest BCUT2D eigenvalue weighted by Gasteiger charge is 2.15. The number of nitrogens with one attached hydrogen (secondary N) is 1. The molecule has 0 bridgehead atoms. The predicted molar refractivity (Wildman–Crippen MR) is 81.6 cm³/mol. The fraction of sp³-hybridized carbons (Fsp3) is 0.133. The number of amides is 1. The van der Waals surface area contributed by atoms with Crippen molar-refractivity contribution < 1.29 is 13.9 Å². The van der Waals surface area contributed by atoms with E-state index in [1.165, 1.54) is 18.2 Å². The Morgan fingerprint density at radius 1 is 1.24 bits per heavy atom. The van der Waals surface area contributed by atoms with E-state index in [-0.39, 0.29) is 10.9 Å². The first-order chi connectivity index (χ1) is 9.95. The number of hydrogen-bond acceptors (Lipinski definition) is 2. The van der Waals surface area contributed by atoms with Crippen LogP contribution >= 0.6 is 23.2 Å². The molecule has 0 aliphatic rings. The molecule has 0 aromatic heterocycles. The fourth-order valence-electron chi connectivity index (χ4n) is 1.62. The predicted octanol–water partition coefficient (Wildman–Crippen LogP) is 4.54. The minimum atomic E-state index is -0.743. The Balaban J connectivity index is 2.00. The lowest BCUT2D eigenvalue weighted by molar-refractivity contribution is -0.122. The summed E-state index contributed by atoms with van der Waals surface area (Å²) in [6.07, 6.45) is -0.743. The first kappa shape index (κ1) is 15.6. The lowest BCUT2D eigenvalue weighted by atomic mass is 10.3. The van der Waals surface area contributed by atoms with Gasteiger partial charge in [-0.25, -0.2) is 4.39 Å². The third-order valence-electron chi connectivity index (χ3n) is 2.67. The summed E-state index contributed by atoms with van der Waals surface area (Å²) in [5.41, 5.74) is 0.396. The monoisotopic (exact) mass is 327 g/mol. The van der Waals surface area contributed by atoms with Gasteiger partial charge in [-0.1, -0.05) is 29.3 Å². The molecular formula is C15H12Cl2FNO2. The largest absolute Gasteiger partial charge is 0.481 e. The van der Waals surface area contributed by atoms with Crippen LogP contribution in [-0.2, 0) is 4.79 Å². The first-order valence-electron chi connectivity index (χ1n) is 6.14. The molecule has 1 N–H and O–H groups in total. The van der Waals surface area contributed by atoms with Crippen LogP contribution in [0.3, 0.4) is 0 Å². The van der Waals surface area contributed by atoms with Crippen molar-refractivity contribution in [3.05, 3.63) is 58.3 Å². The molecule has 0 spiro atoms. The van der Waals surface area contributed by atoms with Crippen LogP contribution in [-0.4, -0.2) is 12.0 Å². The second kappa shape index (κ2) is 6.78. The molecule has 6 heteroatoms. The van der Waals surface area contributed by atoms with Gasteiger partial charge in [-0.2, -0.15) is 0 Å². The molecule has 1 atom stereocenters. The first-order valence-corrected chi connectivity index (χ1v) is 6.89. The zero-order valence-corrected chi connectivity index (χ0v) is 12.6. The quantitative estimate of drug-likeness (QED) is 0.895. The molecule has 110 valence electrons. The topological polar surface area (TPSA) is 38.3 Å². The van der Waals surface area contributed by atoms with Gasteiger partial charge in [0.05, 0.1) is 5.02 Å². The van der Waals surface area contributed by atoms with Crippen LogP contribution in [0.2, 0.25) is 10.0 Å². The number of rotatable bonds is 4. The highest BCUT2D eigenvalue weighted by atomic mass is 35.5. The number of halogens is 3. The summed E-state index contributed by atoms with van der Waals surface area (Å²) in [7, 11) is 0. The standard InChI is InChI=1S/C15H12Cl2FNO2/c1-9(21-12-4-2-3-10(16)7-12)15(20)19-11-5-6-14(18)13(17)8-11/h2-9H,1H3,(H,19,20)/t9-/m1/s1. The minimum absolute atomic E-state index is 0.0591. The third-order valence-corrected chi connectivity index (χ3v) is 3.19. The highest BCUT2D eigenvalue weighted by molar-refractivity contribution is 6.31. The lowest BCUT2D eigenvalue weighted by Crippen LogP contribution is -2.30. The summed E-state index contributed by atoms with van der Waals surface area (Å²) < 4.78 is 18.5. The van der Waals surface area contributed by atoms with Gasteiger partial charge >= 0.3 is 0 Å². The maximum absolute atomic E-state index is 13.0. The van der Waals surface area contributed by atoms with E-state index in [0.29, 0.717) is 16.5 Å². The average molecular weight is 328 g/mol. The number of anilines is 1. The van der Waals surface area contributed by atoms with Gasteiger partial charge in [0, 0.05) is 10.7 Å². The molecule has 0 saturated heterocycles. The van der Waals surface area contributed by atoms with Crippen molar-refractivity contribution in [2.24, 2.45) is 0 Å². The van der Waals surface area contributed by atoms with Crippen molar-refractivity contribution >= 4 is 34.8 Å². The van der Waals surface area contributed by atoms with E-state index in [2.05, 4.69) is 5.32 Å².